The molecular weight excluding hydrogens is 544 g/mol. The lowest BCUT2D eigenvalue weighted by Crippen LogP contribution is -2.21. The van der Waals surface area contributed by atoms with E-state index in [0.29, 0.717) is 40.0 Å². The molecule has 42 heavy (non-hydrogen) atoms. The van der Waals surface area contributed by atoms with Crippen molar-refractivity contribution >= 4 is 35.0 Å². The van der Waals surface area contributed by atoms with Gasteiger partial charge in [-0.05, 0) is 55.0 Å². The fraction of sp³-hybridized carbons (Fsp3) is 0.114. The summed E-state index contributed by atoms with van der Waals surface area (Å²) in [5.41, 5.74) is 5.78. The lowest BCUT2D eigenvalue weighted by atomic mass is 9.99. The Kier molecular flexibility index (Phi) is 7.97. The van der Waals surface area contributed by atoms with Crippen molar-refractivity contribution in [1.29, 1.82) is 0 Å². The number of hydrazone groups is 1. The van der Waals surface area contributed by atoms with E-state index in [1.54, 1.807) is 0 Å². The van der Waals surface area contributed by atoms with Crippen molar-refractivity contribution in [3.63, 3.8) is 0 Å². The molecule has 4 aromatic carbocycles. The maximum absolute atomic E-state index is 13.9. The number of hydrogen-bond donors (Lipinski definition) is 0. The third-order valence-corrected chi connectivity index (χ3v) is 7.25. The van der Waals surface area contributed by atoms with Crippen molar-refractivity contribution in [1.82, 2.24) is 9.78 Å². The third kappa shape index (κ3) is 5.62. The van der Waals surface area contributed by atoms with Crippen LogP contribution in [0.25, 0.3) is 23.0 Å². The van der Waals surface area contributed by atoms with Crippen LogP contribution in [-0.4, -0.2) is 28.0 Å². The van der Waals surface area contributed by atoms with E-state index < -0.39 is 0 Å². The van der Waals surface area contributed by atoms with Gasteiger partial charge in [-0.15, -0.1) is 0 Å². The van der Waals surface area contributed by atoms with Crippen LogP contribution in [0.4, 0.5) is 5.69 Å². The number of amides is 1. The number of unbranched alkanes of at least 4 members (excludes halogenated alkanes) is 1. The third-order valence-electron chi connectivity index (χ3n) is 6.95. The minimum Gasteiger partial charge on any atom is -0.492 e. The molecule has 6 nitrogen and oxygen atoms in total. The topological polar surface area (TPSA) is 59.7 Å². The van der Waals surface area contributed by atoms with Gasteiger partial charge in [-0.2, -0.15) is 15.2 Å². The highest BCUT2D eigenvalue weighted by molar-refractivity contribution is 6.37. The summed E-state index contributed by atoms with van der Waals surface area (Å²) in [6, 6.07) is 34.7. The predicted molar refractivity (Wildman–Crippen MR) is 169 cm³/mol. The highest BCUT2D eigenvalue weighted by Gasteiger charge is 2.32. The quantitative estimate of drug-likeness (QED) is 0.132. The van der Waals surface area contributed by atoms with Crippen molar-refractivity contribution in [2.45, 2.75) is 19.8 Å². The van der Waals surface area contributed by atoms with E-state index >= 15 is 0 Å². The SMILES string of the molecule is CCCCOc1ccc(-c2nn(-c3ccccc3)cc2/C=C2\C(=O)N(c3ccccc3)N=C2c2ccccc2)cc1Cl. The van der Waals surface area contributed by atoms with Crippen molar-refractivity contribution in [3.8, 4) is 22.7 Å². The maximum Gasteiger partial charge on any atom is 0.281 e. The molecule has 2 heterocycles. The van der Waals surface area contributed by atoms with Crippen molar-refractivity contribution in [2.75, 3.05) is 11.6 Å². The van der Waals surface area contributed by atoms with Crippen LogP contribution < -0.4 is 9.75 Å². The monoisotopic (exact) mass is 572 g/mol. The highest BCUT2D eigenvalue weighted by Crippen LogP contribution is 2.34. The lowest BCUT2D eigenvalue weighted by Gasteiger charge is -2.11. The minimum atomic E-state index is -0.212. The predicted octanol–water partition coefficient (Wildman–Crippen LogP) is 8.21. The van der Waals surface area contributed by atoms with E-state index in [1.807, 2.05) is 126 Å². The minimum absolute atomic E-state index is 0.212. The van der Waals surface area contributed by atoms with Gasteiger partial charge in [0.05, 0.1) is 28.6 Å². The number of hydrogen-bond acceptors (Lipinski definition) is 4. The Labute approximate surface area is 250 Å². The number of ether oxygens (including phenoxy) is 1. The molecule has 1 amide bonds. The normalized spacial score (nSPS) is 14.0. The van der Waals surface area contributed by atoms with Gasteiger partial charge in [-0.3, -0.25) is 4.79 Å². The first-order valence-corrected chi connectivity index (χ1v) is 14.3. The van der Waals surface area contributed by atoms with Crippen LogP contribution in [0.15, 0.2) is 126 Å². The average molecular weight is 573 g/mol. The molecule has 0 unspecified atom stereocenters. The summed E-state index contributed by atoms with van der Waals surface area (Å²) in [5, 5.41) is 11.7. The summed E-state index contributed by atoms with van der Waals surface area (Å²) in [6.07, 6.45) is 5.80. The number of anilines is 1. The van der Waals surface area contributed by atoms with Gasteiger partial charge in [-0.1, -0.05) is 91.7 Å². The first kappa shape index (κ1) is 27.2. The number of carbonyl (C=O) groups excluding carboxylic acids is 1. The Bertz CT molecular complexity index is 1760. The molecule has 0 aliphatic carbocycles. The summed E-state index contributed by atoms with van der Waals surface area (Å²) < 4.78 is 7.69. The molecule has 0 radical (unpaired) electrons. The zero-order valence-corrected chi connectivity index (χ0v) is 23.9. The molecule has 0 fully saturated rings. The molecule has 1 aliphatic heterocycles. The maximum atomic E-state index is 13.9. The first-order chi connectivity index (χ1) is 20.6. The Morgan fingerprint density at radius 3 is 2.17 bits per heavy atom. The van der Waals surface area contributed by atoms with Crippen LogP contribution in [0, 0.1) is 0 Å². The van der Waals surface area contributed by atoms with E-state index in [4.69, 9.17) is 26.5 Å². The molecule has 0 saturated heterocycles. The molecule has 208 valence electrons. The molecule has 0 N–H and O–H groups in total. The Hall–Kier alpha value is -4.94. The lowest BCUT2D eigenvalue weighted by molar-refractivity contribution is -0.114. The van der Waals surface area contributed by atoms with Gasteiger partial charge in [0, 0.05) is 22.9 Å². The zero-order valence-electron chi connectivity index (χ0n) is 23.2. The van der Waals surface area contributed by atoms with E-state index in [1.165, 1.54) is 5.01 Å². The van der Waals surface area contributed by atoms with Gasteiger partial charge in [0.15, 0.2) is 0 Å². The number of nitrogens with zero attached hydrogens (tertiary/aromatic N) is 4. The average Bonchev–Trinajstić information content (AvgIpc) is 3.61. The van der Waals surface area contributed by atoms with Gasteiger partial charge < -0.3 is 4.74 Å². The summed E-state index contributed by atoms with van der Waals surface area (Å²) in [5.74, 6) is 0.426. The largest absolute Gasteiger partial charge is 0.492 e. The molecule has 7 heteroatoms. The molecule has 0 atom stereocenters. The number of rotatable bonds is 9. The Balaban J connectivity index is 1.47. The first-order valence-electron chi connectivity index (χ1n) is 14.0. The molecule has 1 aliphatic rings. The van der Waals surface area contributed by atoms with Crippen molar-refractivity contribution in [2.24, 2.45) is 5.10 Å². The van der Waals surface area contributed by atoms with Crippen LogP contribution in [0.1, 0.15) is 30.9 Å². The van der Waals surface area contributed by atoms with Gasteiger partial charge in [0.25, 0.3) is 5.91 Å². The van der Waals surface area contributed by atoms with Crippen LogP contribution in [-0.2, 0) is 4.79 Å². The van der Waals surface area contributed by atoms with Crippen molar-refractivity contribution in [3.05, 3.63) is 137 Å². The molecule has 0 saturated carbocycles. The molecule has 6 rings (SSSR count). The highest BCUT2D eigenvalue weighted by atomic mass is 35.5. The summed E-state index contributed by atoms with van der Waals surface area (Å²) in [7, 11) is 0. The van der Waals surface area contributed by atoms with E-state index in [2.05, 4.69) is 6.92 Å². The van der Waals surface area contributed by atoms with Crippen LogP contribution in [0.3, 0.4) is 0 Å². The second-order valence-corrected chi connectivity index (χ2v) is 10.3. The number of halogens is 1. The summed E-state index contributed by atoms with van der Waals surface area (Å²) in [4.78, 5) is 13.9. The zero-order chi connectivity index (χ0) is 28.9. The fourth-order valence-corrected chi connectivity index (χ4v) is 5.01. The Morgan fingerprint density at radius 1 is 0.833 bits per heavy atom. The second kappa shape index (κ2) is 12.3. The summed E-state index contributed by atoms with van der Waals surface area (Å²) in [6.45, 7) is 2.73. The van der Waals surface area contributed by atoms with Gasteiger partial charge in [0.2, 0.25) is 0 Å². The number of benzene rings is 4. The number of aromatic nitrogens is 2. The van der Waals surface area contributed by atoms with Gasteiger partial charge >= 0.3 is 0 Å². The molecule has 1 aromatic heterocycles. The second-order valence-electron chi connectivity index (χ2n) is 9.89. The molecular formula is C35H29ClN4O2. The van der Waals surface area contributed by atoms with Gasteiger partial charge in [-0.25, -0.2) is 4.68 Å². The molecule has 0 bridgehead atoms. The standard InChI is InChI=1S/C35H29ClN4O2/c1-2-3-21-42-32-20-19-26(23-31(32)36)33-27(24-39(37-33)28-15-9-5-10-16-28)22-30-34(25-13-7-4-8-14-25)38-40(35(30)41)29-17-11-6-12-18-29/h4-20,22-24H,2-3,21H2,1H3/b30-22-. The van der Waals surface area contributed by atoms with Crippen molar-refractivity contribution < 1.29 is 9.53 Å². The van der Waals surface area contributed by atoms with Crippen LogP contribution in [0.5, 0.6) is 5.75 Å². The van der Waals surface area contributed by atoms with E-state index in [-0.39, 0.29) is 5.91 Å². The van der Waals surface area contributed by atoms with Crippen LogP contribution >= 0.6 is 11.6 Å². The smallest absolute Gasteiger partial charge is 0.281 e. The van der Waals surface area contributed by atoms with E-state index in [0.717, 1.165) is 35.2 Å². The number of carbonyl (C=O) groups is 1. The summed E-state index contributed by atoms with van der Waals surface area (Å²) >= 11 is 6.66. The Morgan fingerprint density at radius 2 is 1.50 bits per heavy atom. The molecule has 5 aromatic rings. The fourth-order valence-electron chi connectivity index (χ4n) is 4.78. The van der Waals surface area contributed by atoms with E-state index in [9.17, 15) is 4.79 Å². The van der Waals surface area contributed by atoms with Crippen LogP contribution in [0.2, 0.25) is 5.02 Å². The molecule has 0 spiro atoms. The van der Waals surface area contributed by atoms with Gasteiger partial charge in [0.1, 0.15) is 17.2 Å². The number of para-hydroxylation sites is 2.